The van der Waals surface area contributed by atoms with Crippen LogP contribution in [0.1, 0.15) is 6.92 Å². The quantitative estimate of drug-likeness (QED) is 0.600. The molecule has 7 heteroatoms. The lowest BCUT2D eigenvalue weighted by Crippen LogP contribution is -2.27. The van der Waals surface area contributed by atoms with E-state index < -0.39 is 11.9 Å². The van der Waals surface area contributed by atoms with Gasteiger partial charge >= 0.3 is 11.9 Å². The van der Waals surface area contributed by atoms with Crippen molar-refractivity contribution in [2.24, 2.45) is 0 Å². The Kier molecular flexibility index (Phi) is 3.65. The van der Waals surface area contributed by atoms with Gasteiger partial charge in [-0.3, -0.25) is 9.59 Å². The van der Waals surface area contributed by atoms with Crippen LogP contribution < -0.4 is 15.4 Å². The van der Waals surface area contributed by atoms with Crippen LogP contribution in [-0.4, -0.2) is 31.0 Å². The zero-order valence-electron chi connectivity index (χ0n) is 10.2. The third-order valence-electron chi connectivity index (χ3n) is 2.33. The zero-order valence-corrected chi connectivity index (χ0v) is 10.2. The number of amides is 2. The normalized spacial score (nSPS) is 12.8. The number of fused-ring (bicyclic) bond motifs is 1. The van der Waals surface area contributed by atoms with Crippen molar-refractivity contribution in [3.05, 3.63) is 18.2 Å². The van der Waals surface area contributed by atoms with E-state index in [4.69, 9.17) is 4.74 Å². The third kappa shape index (κ3) is 3.01. The molecule has 2 N–H and O–H groups in total. The van der Waals surface area contributed by atoms with Crippen LogP contribution in [0.15, 0.2) is 18.2 Å². The van der Waals surface area contributed by atoms with Gasteiger partial charge in [-0.1, -0.05) is 0 Å². The van der Waals surface area contributed by atoms with Crippen molar-refractivity contribution in [2.75, 3.05) is 23.8 Å². The molecule has 0 aliphatic carbocycles. The summed E-state index contributed by atoms with van der Waals surface area (Å²) >= 11 is 0. The minimum Gasteiger partial charge on any atom is -0.482 e. The molecule has 0 aromatic heterocycles. The van der Waals surface area contributed by atoms with E-state index in [2.05, 4.69) is 15.4 Å². The molecule has 19 heavy (non-hydrogen) atoms. The largest absolute Gasteiger partial charge is 0.482 e. The second-order valence-corrected chi connectivity index (χ2v) is 3.72. The molecule has 1 heterocycles. The lowest BCUT2D eigenvalue weighted by atomic mass is 10.2. The molecule has 0 atom stereocenters. The first-order valence-electron chi connectivity index (χ1n) is 5.65. The molecule has 0 spiro atoms. The predicted molar refractivity (Wildman–Crippen MR) is 65.8 cm³/mol. The van der Waals surface area contributed by atoms with E-state index in [0.717, 1.165) is 0 Å². The maximum atomic E-state index is 11.4. The first kappa shape index (κ1) is 12.9. The lowest BCUT2D eigenvalue weighted by Gasteiger charge is -2.18. The van der Waals surface area contributed by atoms with Crippen LogP contribution in [-0.2, 0) is 19.1 Å². The van der Waals surface area contributed by atoms with Crippen molar-refractivity contribution in [2.45, 2.75) is 6.92 Å². The van der Waals surface area contributed by atoms with E-state index in [-0.39, 0.29) is 19.1 Å². The van der Waals surface area contributed by atoms with Crippen LogP contribution in [0.2, 0.25) is 0 Å². The van der Waals surface area contributed by atoms with Crippen molar-refractivity contribution in [3.8, 4) is 5.75 Å². The molecule has 7 nitrogen and oxygen atoms in total. The Morgan fingerprint density at radius 3 is 3.00 bits per heavy atom. The molecule has 0 fully saturated rings. The maximum absolute atomic E-state index is 11.4. The fourth-order valence-corrected chi connectivity index (χ4v) is 1.54. The second kappa shape index (κ2) is 5.38. The molecular formula is C12H12N2O5. The summed E-state index contributed by atoms with van der Waals surface area (Å²) in [5, 5.41) is 4.97. The lowest BCUT2D eigenvalue weighted by molar-refractivity contribution is -0.152. The number of ether oxygens (including phenoxy) is 2. The van der Waals surface area contributed by atoms with Gasteiger partial charge in [0, 0.05) is 5.69 Å². The van der Waals surface area contributed by atoms with Gasteiger partial charge in [-0.25, -0.2) is 4.79 Å². The summed E-state index contributed by atoms with van der Waals surface area (Å²) in [4.78, 5) is 33.7. The Labute approximate surface area is 108 Å². The van der Waals surface area contributed by atoms with Gasteiger partial charge < -0.3 is 20.1 Å². The second-order valence-electron chi connectivity index (χ2n) is 3.72. The molecule has 0 unspecified atom stereocenters. The molecule has 2 amide bonds. The Balaban J connectivity index is 2.10. The summed E-state index contributed by atoms with van der Waals surface area (Å²) in [5.41, 5.74) is 0.806. The molecular weight excluding hydrogens is 252 g/mol. The molecule has 1 aromatic rings. The van der Waals surface area contributed by atoms with Crippen molar-refractivity contribution >= 4 is 29.2 Å². The predicted octanol–water partition coefficient (Wildman–Crippen LogP) is 0.519. The number of esters is 1. The molecule has 1 aromatic carbocycles. The van der Waals surface area contributed by atoms with Crippen molar-refractivity contribution in [1.29, 1.82) is 0 Å². The van der Waals surface area contributed by atoms with Crippen LogP contribution in [0.25, 0.3) is 0 Å². The highest BCUT2D eigenvalue weighted by atomic mass is 16.5. The standard InChI is InChI=1S/C12H12N2O5/c1-2-18-12(17)11(16)13-7-3-4-9-8(5-7)14-10(15)6-19-9/h3-5H,2,6H2,1H3,(H,13,16)(H,14,15). The highest BCUT2D eigenvalue weighted by Crippen LogP contribution is 2.30. The summed E-state index contributed by atoms with van der Waals surface area (Å²) < 4.78 is 9.73. The summed E-state index contributed by atoms with van der Waals surface area (Å²) in [7, 11) is 0. The minimum atomic E-state index is -0.958. The molecule has 0 saturated heterocycles. The highest BCUT2D eigenvalue weighted by molar-refractivity contribution is 6.37. The van der Waals surface area contributed by atoms with Crippen molar-refractivity contribution in [1.82, 2.24) is 0 Å². The Morgan fingerprint density at radius 1 is 1.47 bits per heavy atom. The molecule has 1 aliphatic heterocycles. The number of benzene rings is 1. The summed E-state index contributed by atoms with van der Waals surface area (Å²) in [6, 6.07) is 4.66. The van der Waals surface area contributed by atoms with Gasteiger partial charge in [0.25, 0.3) is 5.91 Å². The number of anilines is 2. The molecule has 0 bridgehead atoms. The first-order chi connectivity index (χ1) is 9.10. The van der Waals surface area contributed by atoms with Gasteiger partial charge in [0.15, 0.2) is 6.61 Å². The smallest absolute Gasteiger partial charge is 0.397 e. The van der Waals surface area contributed by atoms with Crippen LogP contribution in [0.3, 0.4) is 0 Å². The van der Waals surface area contributed by atoms with E-state index in [9.17, 15) is 14.4 Å². The first-order valence-corrected chi connectivity index (χ1v) is 5.65. The number of hydrogen-bond donors (Lipinski definition) is 2. The molecule has 1 aliphatic rings. The van der Waals surface area contributed by atoms with Gasteiger partial charge in [-0.2, -0.15) is 0 Å². The third-order valence-corrected chi connectivity index (χ3v) is 2.33. The van der Waals surface area contributed by atoms with E-state index in [1.165, 1.54) is 6.07 Å². The molecule has 100 valence electrons. The zero-order chi connectivity index (χ0) is 13.8. The van der Waals surface area contributed by atoms with Crippen LogP contribution in [0.5, 0.6) is 5.75 Å². The monoisotopic (exact) mass is 264 g/mol. The highest BCUT2D eigenvalue weighted by Gasteiger charge is 2.18. The molecule has 0 saturated carbocycles. The number of hydrogen-bond acceptors (Lipinski definition) is 5. The fraction of sp³-hybridized carbons (Fsp3) is 0.250. The topological polar surface area (TPSA) is 93.7 Å². The van der Waals surface area contributed by atoms with Crippen molar-refractivity contribution < 1.29 is 23.9 Å². The van der Waals surface area contributed by atoms with Gasteiger partial charge in [0.05, 0.1) is 12.3 Å². The summed E-state index contributed by atoms with van der Waals surface area (Å²) in [6.45, 7) is 1.69. The minimum absolute atomic E-state index is 0.0401. The molecule has 0 radical (unpaired) electrons. The van der Waals surface area contributed by atoms with Gasteiger partial charge in [0.1, 0.15) is 5.75 Å². The van der Waals surface area contributed by atoms with E-state index in [0.29, 0.717) is 17.1 Å². The van der Waals surface area contributed by atoms with Gasteiger partial charge in [0.2, 0.25) is 0 Å². The van der Waals surface area contributed by atoms with Crippen molar-refractivity contribution in [3.63, 3.8) is 0 Å². The number of carbonyl (C=O) groups is 3. The number of carbonyl (C=O) groups excluding carboxylic acids is 3. The van der Waals surface area contributed by atoms with E-state index in [1.807, 2.05) is 0 Å². The van der Waals surface area contributed by atoms with Gasteiger partial charge in [-0.15, -0.1) is 0 Å². The van der Waals surface area contributed by atoms with Crippen LogP contribution in [0, 0.1) is 0 Å². The maximum Gasteiger partial charge on any atom is 0.397 e. The van der Waals surface area contributed by atoms with E-state index >= 15 is 0 Å². The average Bonchev–Trinajstić information content (AvgIpc) is 2.38. The van der Waals surface area contributed by atoms with E-state index in [1.54, 1.807) is 19.1 Å². The summed E-state index contributed by atoms with van der Waals surface area (Å²) in [6.07, 6.45) is 0. The Hall–Kier alpha value is -2.57. The SMILES string of the molecule is CCOC(=O)C(=O)Nc1ccc2c(c1)NC(=O)CO2. The Morgan fingerprint density at radius 2 is 2.26 bits per heavy atom. The Bertz CT molecular complexity index is 541. The average molecular weight is 264 g/mol. The van der Waals surface area contributed by atoms with Gasteiger partial charge in [-0.05, 0) is 25.1 Å². The number of nitrogens with one attached hydrogen (secondary N) is 2. The van der Waals surface area contributed by atoms with Crippen LogP contribution in [0.4, 0.5) is 11.4 Å². The summed E-state index contributed by atoms with van der Waals surface area (Å²) in [5.74, 6) is -1.60. The number of rotatable bonds is 2. The van der Waals surface area contributed by atoms with Crippen LogP contribution >= 0.6 is 0 Å². The molecule has 2 rings (SSSR count). The fourth-order valence-electron chi connectivity index (χ4n) is 1.54.